The molecule has 0 heterocycles. The number of aryl methyl sites for hydroxylation is 2. The molecule has 0 radical (unpaired) electrons. The van der Waals surface area contributed by atoms with Crippen LogP contribution in [0.5, 0.6) is 0 Å². The van der Waals surface area contributed by atoms with Crippen LogP contribution in [0.2, 0.25) is 0 Å². The second-order valence-electron chi connectivity index (χ2n) is 14.0. The van der Waals surface area contributed by atoms with Crippen molar-refractivity contribution in [2.45, 2.75) is 63.9 Å². The molecule has 0 saturated heterocycles. The smallest absolute Gasteiger partial charge is 1.00 e. The van der Waals surface area contributed by atoms with Crippen molar-refractivity contribution < 1.29 is 72.4 Å². The Bertz CT molecular complexity index is 1900. The maximum absolute atomic E-state index is 14.3. The second-order valence-corrected chi connectivity index (χ2v) is 20.1. The van der Waals surface area contributed by atoms with Crippen LogP contribution in [0.1, 0.15) is 82.2 Å². The van der Waals surface area contributed by atoms with Gasteiger partial charge in [-0.15, -0.1) is 0 Å². The van der Waals surface area contributed by atoms with E-state index in [0.29, 0.717) is 14.3 Å². The summed E-state index contributed by atoms with van der Waals surface area (Å²) < 4.78 is 87.3. The third kappa shape index (κ3) is 7.71. The largest absolute Gasteiger partial charge is 1.00 e. The topological polar surface area (TPSA) is 0 Å². The van der Waals surface area contributed by atoms with E-state index in [2.05, 4.69) is 76.2 Å². The first-order chi connectivity index (χ1) is 22.5. The first-order valence-electron chi connectivity index (χ1n) is 16.2. The minimum absolute atomic E-state index is 0. The summed E-state index contributed by atoms with van der Waals surface area (Å²) in [5.41, 5.74) is 6.54. The number of rotatable bonds is 5. The Balaban J connectivity index is 0.00000281. The number of benzene rings is 4. The summed E-state index contributed by atoms with van der Waals surface area (Å²) in [5.74, 6) is 0.0299. The molecule has 262 valence electrons. The summed E-state index contributed by atoms with van der Waals surface area (Å²) in [6.45, 7) is 12.6. The van der Waals surface area contributed by atoms with Gasteiger partial charge in [0.25, 0.3) is 0 Å². The molecule has 1 atom stereocenters. The molecule has 1 unspecified atom stereocenters. The van der Waals surface area contributed by atoms with Crippen molar-refractivity contribution in [3.8, 4) is 11.1 Å². The number of hydrogen-bond acceptors (Lipinski definition) is 0. The number of allylic oxidation sites excluding steroid dienone is 4. The van der Waals surface area contributed by atoms with Gasteiger partial charge in [-0.3, -0.25) is 0 Å². The van der Waals surface area contributed by atoms with Crippen molar-refractivity contribution in [1.82, 2.24) is 0 Å². The summed E-state index contributed by atoms with van der Waals surface area (Å²) in [5, 5.41) is 0. The van der Waals surface area contributed by atoms with E-state index in [0.717, 1.165) is 69.6 Å². The Labute approximate surface area is 310 Å². The van der Waals surface area contributed by atoms with E-state index in [-0.39, 0.29) is 39.8 Å². The summed E-state index contributed by atoms with van der Waals surface area (Å²) in [6.07, 6.45) is -3.90. The Kier molecular flexibility index (Phi) is 11.8. The van der Waals surface area contributed by atoms with Crippen molar-refractivity contribution in [3.63, 3.8) is 0 Å². The van der Waals surface area contributed by atoms with Crippen molar-refractivity contribution in [2.24, 2.45) is 11.3 Å². The number of fused-ring (bicyclic) bond motifs is 3. The molecule has 2 aliphatic carbocycles. The van der Waals surface area contributed by atoms with E-state index in [1.807, 2.05) is 13.8 Å². The predicted molar refractivity (Wildman–Crippen MR) is 179 cm³/mol. The van der Waals surface area contributed by atoms with Gasteiger partial charge in [-0.1, -0.05) is 0 Å². The van der Waals surface area contributed by atoms with Crippen LogP contribution in [-0.4, -0.2) is 3.21 Å². The SMILES string of the molecule is CCC1C=C(C(C)(C)C)C=[C]1[Zr+2](=[C](c1cccc(C(F)(F)F)c1)c1cccc(C(F)(F)F)c1)[CH]1c2cc(C)ccc2-c2ccc(C)cc21.[Cl-].[Cl-]. The Morgan fingerprint density at radius 3 is 1.52 bits per heavy atom. The van der Waals surface area contributed by atoms with E-state index < -0.39 is 44.7 Å². The minimum atomic E-state index is -4.61. The molecule has 0 N–H and O–H groups in total. The number of hydrogen-bond donors (Lipinski definition) is 0. The predicted octanol–water partition coefficient (Wildman–Crippen LogP) is 6.20. The fourth-order valence-corrected chi connectivity index (χ4v) is 16.8. The standard InChI is InChI=1S/C15H8F6.C15H13.C11H17.2ClH.Zr/c16-14(17,18)12-5-1-3-10(8-12)7-11-4-2-6-13(9-11)15(19,20)21;1-10-3-5-14-12(7-10)9-13-8-11(2)4-6-15(13)14;1-5-9-6-7-10(8-9)11(2,3)4;;;/h1-6,8-9H;3-9H,1-2H3;7-9H,5H2,1-4H3;2*1H;/q;;;;;+2/p-2. The van der Waals surface area contributed by atoms with E-state index in [1.54, 1.807) is 12.1 Å². The molecule has 50 heavy (non-hydrogen) atoms. The summed E-state index contributed by atoms with van der Waals surface area (Å²) in [7, 11) is 0. The zero-order valence-electron chi connectivity index (χ0n) is 28.6. The maximum atomic E-state index is 14.3. The van der Waals surface area contributed by atoms with Crippen LogP contribution in [0.25, 0.3) is 11.1 Å². The Hall–Kier alpha value is -2.73. The van der Waals surface area contributed by atoms with E-state index >= 15 is 0 Å². The third-order valence-electron chi connectivity index (χ3n) is 9.55. The van der Waals surface area contributed by atoms with Crippen molar-refractivity contribution >= 4 is 3.21 Å². The summed E-state index contributed by atoms with van der Waals surface area (Å²) in [4.78, 5) is 0. The molecular formula is C41H38Cl2F6Zr. The molecular weight excluding hydrogens is 769 g/mol. The van der Waals surface area contributed by atoms with Gasteiger partial charge in [-0.05, 0) is 0 Å². The zero-order valence-corrected chi connectivity index (χ0v) is 32.6. The fourth-order valence-electron chi connectivity index (χ4n) is 7.16. The average Bonchev–Trinajstić information content (AvgIpc) is 3.58. The van der Waals surface area contributed by atoms with Gasteiger partial charge in [0, 0.05) is 0 Å². The fraction of sp³-hybridized carbons (Fsp3) is 0.293. The molecule has 0 nitrogen and oxygen atoms in total. The van der Waals surface area contributed by atoms with E-state index in [4.69, 9.17) is 0 Å². The van der Waals surface area contributed by atoms with E-state index in [1.165, 1.54) is 15.4 Å². The first-order valence-corrected chi connectivity index (χ1v) is 20.1. The van der Waals surface area contributed by atoms with Crippen molar-refractivity contribution in [3.05, 3.63) is 150 Å². The van der Waals surface area contributed by atoms with Gasteiger partial charge >= 0.3 is 288 Å². The minimum Gasteiger partial charge on any atom is -1.00 e. The average molecular weight is 807 g/mol. The molecule has 2 aliphatic rings. The molecule has 0 aliphatic heterocycles. The molecule has 0 aromatic heterocycles. The Morgan fingerprint density at radius 1 is 0.660 bits per heavy atom. The van der Waals surface area contributed by atoms with Gasteiger partial charge in [0.2, 0.25) is 0 Å². The maximum Gasteiger partial charge on any atom is -1.00 e. The van der Waals surface area contributed by atoms with Crippen LogP contribution in [0.15, 0.2) is 106 Å². The van der Waals surface area contributed by atoms with Crippen molar-refractivity contribution in [2.75, 3.05) is 0 Å². The van der Waals surface area contributed by atoms with Gasteiger partial charge < -0.3 is 24.8 Å². The van der Waals surface area contributed by atoms with Crippen LogP contribution in [0.3, 0.4) is 0 Å². The van der Waals surface area contributed by atoms with Gasteiger partial charge in [0.05, 0.1) is 0 Å². The van der Waals surface area contributed by atoms with Crippen LogP contribution in [-0.2, 0) is 33.6 Å². The van der Waals surface area contributed by atoms with Gasteiger partial charge in [0.15, 0.2) is 0 Å². The Morgan fingerprint density at radius 2 is 1.12 bits per heavy atom. The molecule has 4 aromatic rings. The molecule has 0 fully saturated rings. The molecule has 0 spiro atoms. The van der Waals surface area contributed by atoms with Crippen LogP contribution < -0.4 is 24.8 Å². The third-order valence-corrected chi connectivity index (χ3v) is 18.0. The normalized spacial score (nSPS) is 15.5. The monoisotopic (exact) mass is 804 g/mol. The quantitative estimate of drug-likeness (QED) is 0.211. The molecule has 0 bridgehead atoms. The van der Waals surface area contributed by atoms with Gasteiger partial charge in [0.1, 0.15) is 0 Å². The van der Waals surface area contributed by atoms with E-state index in [9.17, 15) is 26.3 Å². The molecule has 0 saturated carbocycles. The molecule has 4 aromatic carbocycles. The number of halogens is 8. The first kappa shape index (κ1) is 40.0. The van der Waals surface area contributed by atoms with Gasteiger partial charge in [-0.25, -0.2) is 0 Å². The van der Waals surface area contributed by atoms with Crippen LogP contribution >= 0.6 is 0 Å². The van der Waals surface area contributed by atoms with Crippen LogP contribution in [0, 0.1) is 25.2 Å². The number of alkyl halides is 6. The second kappa shape index (κ2) is 14.7. The molecule has 0 amide bonds. The summed E-state index contributed by atoms with van der Waals surface area (Å²) >= 11 is -3.68. The van der Waals surface area contributed by atoms with Crippen LogP contribution in [0.4, 0.5) is 26.3 Å². The molecule has 9 heteroatoms. The zero-order chi connectivity index (χ0) is 34.8. The van der Waals surface area contributed by atoms with Crippen molar-refractivity contribution in [1.29, 1.82) is 0 Å². The summed E-state index contributed by atoms with van der Waals surface area (Å²) in [6, 6.07) is 23.2. The molecule has 6 rings (SSSR count). The van der Waals surface area contributed by atoms with Gasteiger partial charge in [-0.2, -0.15) is 0 Å².